The number of amides is 1. The van der Waals surface area contributed by atoms with Gasteiger partial charge in [-0.1, -0.05) is 41.9 Å². The summed E-state index contributed by atoms with van der Waals surface area (Å²) in [6, 6.07) is 17.3. The van der Waals surface area contributed by atoms with Crippen LogP contribution in [0.25, 0.3) is 16.1 Å². The van der Waals surface area contributed by atoms with Crippen molar-refractivity contribution in [1.82, 2.24) is 25.1 Å². The van der Waals surface area contributed by atoms with Crippen LogP contribution in [-0.4, -0.2) is 89.9 Å². The van der Waals surface area contributed by atoms with Gasteiger partial charge >= 0.3 is 0 Å². The Kier molecular flexibility index (Phi) is 12.4. The Morgan fingerprint density at radius 2 is 1.55 bits per heavy atom. The molecule has 12 nitrogen and oxygen atoms in total. The number of halogens is 1. The zero-order valence-corrected chi connectivity index (χ0v) is 32.8. The van der Waals surface area contributed by atoms with E-state index in [0.717, 1.165) is 61.3 Å². The fourth-order valence-electron chi connectivity index (χ4n) is 6.74. The van der Waals surface area contributed by atoms with E-state index in [4.69, 9.17) is 30.8 Å². The number of hydrogen-bond donors (Lipinski definition) is 2. The van der Waals surface area contributed by atoms with Gasteiger partial charge in [0.15, 0.2) is 5.82 Å². The molecule has 14 heteroatoms. The number of carbonyl (C=O) groups is 2. The molecule has 0 saturated carbocycles. The van der Waals surface area contributed by atoms with E-state index in [0.29, 0.717) is 76.4 Å². The molecule has 2 aromatic carbocycles. The number of benzene rings is 2. The van der Waals surface area contributed by atoms with Crippen molar-refractivity contribution in [1.29, 1.82) is 0 Å². The zero-order chi connectivity index (χ0) is 38.3. The van der Waals surface area contributed by atoms with Gasteiger partial charge in [-0.2, -0.15) is 0 Å². The number of anilines is 1. The van der Waals surface area contributed by atoms with Crippen molar-refractivity contribution in [2.75, 3.05) is 58.0 Å². The number of ketones is 1. The van der Waals surface area contributed by atoms with Gasteiger partial charge < -0.3 is 24.8 Å². The van der Waals surface area contributed by atoms with Crippen molar-refractivity contribution in [3.05, 3.63) is 110 Å². The molecule has 4 heterocycles. The highest BCUT2D eigenvalue weighted by Crippen LogP contribution is 2.39. The van der Waals surface area contributed by atoms with E-state index in [1.807, 2.05) is 60.2 Å². The summed E-state index contributed by atoms with van der Waals surface area (Å²) < 4.78 is 19.0. The molecule has 0 fully saturated rings. The summed E-state index contributed by atoms with van der Waals surface area (Å²) >= 11 is 7.89. The minimum atomic E-state index is -0.530. The van der Waals surface area contributed by atoms with Gasteiger partial charge in [-0.15, -0.1) is 21.5 Å². The summed E-state index contributed by atoms with van der Waals surface area (Å²) in [5.41, 5.74) is 8.25. The van der Waals surface area contributed by atoms with Crippen LogP contribution in [0.2, 0.25) is 5.02 Å². The van der Waals surface area contributed by atoms with Gasteiger partial charge in [-0.3, -0.25) is 19.1 Å². The molecule has 55 heavy (non-hydrogen) atoms. The van der Waals surface area contributed by atoms with Crippen LogP contribution in [0.1, 0.15) is 56.8 Å². The Morgan fingerprint density at radius 3 is 2.29 bits per heavy atom. The van der Waals surface area contributed by atoms with Crippen LogP contribution >= 0.6 is 22.9 Å². The molecule has 0 spiro atoms. The summed E-state index contributed by atoms with van der Waals surface area (Å²) in [4.78, 5) is 35.8. The average molecular weight is 782 g/mol. The molecule has 1 aliphatic carbocycles. The van der Waals surface area contributed by atoms with E-state index in [-0.39, 0.29) is 18.1 Å². The second-order valence-corrected chi connectivity index (χ2v) is 15.2. The number of aromatic nitrogens is 4. The van der Waals surface area contributed by atoms with Crippen LogP contribution in [-0.2, 0) is 36.6 Å². The topological polar surface area (TPSA) is 142 Å². The van der Waals surface area contributed by atoms with Crippen LogP contribution < -0.4 is 10.6 Å². The molecule has 0 bridgehead atoms. The molecule has 7 rings (SSSR count). The fourth-order valence-corrected chi connectivity index (χ4v) is 8.08. The Bertz CT molecular complexity index is 2180. The van der Waals surface area contributed by atoms with E-state index >= 15 is 0 Å². The molecule has 286 valence electrons. The third kappa shape index (κ3) is 9.20. The van der Waals surface area contributed by atoms with Crippen LogP contribution in [0, 0.1) is 20.8 Å². The highest BCUT2D eigenvalue weighted by Gasteiger charge is 2.32. The van der Waals surface area contributed by atoms with Gasteiger partial charge in [-0.25, -0.2) is 4.98 Å². The number of pyridine rings is 1. The lowest BCUT2D eigenvalue weighted by atomic mass is 9.99. The Morgan fingerprint density at radius 1 is 0.855 bits per heavy atom. The number of fused-ring (bicyclic) bond motifs is 4. The molecule has 3 aromatic heterocycles. The number of nitrogens with one attached hydrogen (secondary N) is 2. The van der Waals surface area contributed by atoms with E-state index < -0.39 is 6.04 Å². The number of rotatable bonds is 17. The minimum Gasteiger partial charge on any atom is -0.377 e. The van der Waals surface area contributed by atoms with Gasteiger partial charge in [-0.05, 0) is 67.3 Å². The van der Waals surface area contributed by atoms with Gasteiger partial charge in [0.2, 0.25) is 5.91 Å². The predicted molar refractivity (Wildman–Crippen MR) is 214 cm³/mol. The van der Waals surface area contributed by atoms with Crippen molar-refractivity contribution >= 4 is 46.2 Å². The van der Waals surface area contributed by atoms with E-state index in [2.05, 4.69) is 51.8 Å². The van der Waals surface area contributed by atoms with Crippen LogP contribution in [0.3, 0.4) is 0 Å². The number of hydrogen-bond acceptors (Lipinski definition) is 11. The standard InChI is InChI=1S/C41H44ClN7O5S/c1-25-26(2)55-41-38(25)39(28-6-9-33(42)10-7-28)46-35(40-48-47-27(3)49(40)41)23-37(51)44-13-15-53-17-19-54-18-16-52-14-12-43-36-11-8-31(24-45-36)29-4-5-30-21-34(50)22-32(30)20-29/h4-11,20,24,35H,12-19,21-23H2,1-3H3,(H,43,45)(H,44,51)/t35-/m0/s1. The van der Waals surface area contributed by atoms with E-state index in [1.165, 1.54) is 4.88 Å². The molecule has 1 atom stereocenters. The van der Waals surface area contributed by atoms with Crippen molar-refractivity contribution in [2.24, 2.45) is 4.99 Å². The van der Waals surface area contributed by atoms with Gasteiger partial charge in [0.05, 0.1) is 51.8 Å². The third-order valence-electron chi connectivity index (χ3n) is 9.68. The fraction of sp³-hybridized carbons (Fsp3) is 0.366. The number of aryl methyl sites for hydroxylation is 2. The minimum absolute atomic E-state index is 0.115. The zero-order valence-electron chi connectivity index (χ0n) is 31.2. The normalized spacial score (nSPS) is 14.6. The maximum atomic E-state index is 13.2. The monoisotopic (exact) mass is 781 g/mol. The molecule has 0 unspecified atom stereocenters. The SMILES string of the molecule is Cc1sc2c(c1C)C(c1ccc(Cl)cc1)=N[C@@H](CC(=O)NCCOCCOCCOCCNc1ccc(-c3ccc4c(c3)CC(=O)C4)cn1)c1nnc(C)n1-2. The first-order valence-electron chi connectivity index (χ1n) is 18.4. The van der Waals surface area contributed by atoms with Gasteiger partial charge in [0.1, 0.15) is 28.5 Å². The molecule has 1 aliphatic heterocycles. The first kappa shape index (κ1) is 38.5. The highest BCUT2D eigenvalue weighted by atomic mass is 35.5. The Hall–Kier alpha value is -4.79. The molecule has 0 radical (unpaired) electrons. The van der Waals surface area contributed by atoms with E-state index in [1.54, 1.807) is 11.3 Å². The van der Waals surface area contributed by atoms with Crippen molar-refractivity contribution in [2.45, 2.75) is 46.1 Å². The molecule has 2 N–H and O–H groups in total. The molecule has 2 aliphatic rings. The Balaban J connectivity index is 0.779. The smallest absolute Gasteiger partial charge is 0.222 e. The summed E-state index contributed by atoms with van der Waals surface area (Å²) in [5, 5.41) is 16.7. The maximum Gasteiger partial charge on any atom is 0.222 e. The number of ether oxygens (including phenoxy) is 3. The molecular formula is C41H44ClN7O5S. The van der Waals surface area contributed by atoms with Crippen molar-refractivity contribution in [3.63, 3.8) is 0 Å². The molecular weight excluding hydrogens is 738 g/mol. The molecule has 5 aromatic rings. The number of thiophene rings is 1. The number of Topliss-reactive ketones (excluding diaryl/α,β-unsaturated/α-hetero) is 1. The Labute approximate surface area is 329 Å². The first-order valence-corrected chi connectivity index (χ1v) is 19.6. The quantitative estimate of drug-likeness (QED) is 0.106. The molecule has 1 amide bonds. The number of carbonyl (C=O) groups excluding carboxylic acids is 2. The van der Waals surface area contributed by atoms with Crippen LogP contribution in [0.15, 0.2) is 65.8 Å². The summed E-state index contributed by atoms with van der Waals surface area (Å²) in [6.07, 6.45) is 3.02. The van der Waals surface area contributed by atoms with Crippen LogP contribution in [0.5, 0.6) is 0 Å². The van der Waals surface area contributed by atoms with Crippen LogP contribution in [0.4, 0.5) is 5.82 Å². The second kappa shape index (κ2) is 17.8. The van der Waals surface area contributed by atoms with E-state index in [9.17, 15) is 9.59 Å². The number of aliphatic imine (C=N–C) groups is 1. The maximum absolute atomic E-state index is 13.2. The summed E-state index contributed by atoms with van der Waals surface area (Å²) in [7, 11) is 0. The summed E-state index contributed by atoms with van der Waals surface area (Å²) in [5.74, 6) is 2.29. The number of nitrogens with zero attached hydrogens (tertiary/aromatic N) is 5. The van der Waals surface area contributed by atoms with Gasteiger partial charge in [0, 0.05) is 58.7 Å². The average Bonchev–Trinajstić information content (AvgIpc) is 3.82. The highest BCUT2D eigenvalue weighted by molar-refractivity contribution is 7.15. The molecule has 0 saturated heterocycles. The first-order chi connectivity index (χ1) is 26.7. The largest absolute Gasteiger partial charge is 0.377 e. The van der Waals surface area contributed by atoms with Crippen molar-refractivity contribution < 1.29 is 23.8 Å². The lowest BCUT2D eigenvalue weighted by Gasteiger charge is -2.13. The predicted octanol–water partition coefficient (Wildman–Crippen LogP) is 6.20. The van der Waals surface area contributed by atoms with Gasteiger partial charge in [0.25, 0.3) is 0 Å². The summed E-state index contributed by atoms with van der Waals surface area (Å²) in [6.45, 7) is 9.73. The van der Waals surface area contributed by atoms with Crippen molar-refractivity contribution in [3.8, 4) is 16.1 Å². The lowest BCUT2D eigenvalue weighted by molar-refractivity contribution is -0.121. The lowest BCUT2D eigenvalue weighted by Crippen LogP contribution is -2.29. The second-order valence-electron chi connectivity index (χ2n) is 13.5. The third-order valence-corrected chi connectivity index (χ3v) is 11.1.